The second kappa shape index (κ2) is 9.89. The lowest BCUT2D eigenvalue weighted by Gasteiger charge is -2.18. The van der Waals surface area contributed by atoms with Crippen molar-refractivity contribution in [1.29, 1.82) is 5.26 Å². The molecular formula is C26H19F2N3O2S. The number of hydrogen-bond donors (Lipinski definition) is 1. The lowest BCUT2D eigenvalue weighted by atomic mass is 10.1. The van der Waals surface area contributed by atoms with Crippen molar-refractivity contribution in [1.82, 2.24) is 0 Å². The quantitative estimate of drug-likeness (QED) is 0.400. The van der Waals surface area contributed by atoms with E-state index < -0.39 is 17.0 Å². The Kier molecular flexibility index (Phi) is 6.75. The minimum Gasteiger partial charge on any atom is -0.321 e. The van der Waals surface area contributed by atoms with Gasteiger partial charge in [0, 0.05) is 11.4 Å². The monoisotopic (exact) mass is 475 g/mol. The molecule has 3 aromatic rings. The minimum atomic E-state index is -0.656. The molecule has 0 unspecified atom stereocenters. The molecular weight excluding hydrogens is 456 g/mol. The normalized spacial score (nSPS) is 16.8. The number of carbonyl (C=O) groups excluding carboxylic acids is 2. The Morgan fingerprint density at radius 2 is 1.59 bits per heavy atom. The molecule has 8 heteroatoms. The van der Waals surface area contributed by atoms with Gasteiger partial charge in [0.1, 0.15) is 28.3 Å². The maximum atomic E-state index is 13.5. The number of nitrogens with one attached hydrogen (secondary N) is 1. The van der Waals surface area contributed by atoms with Crippen molar-refractivity contribution in [2.24, 2.45) is 0 Å². The summed E-state index contributed by atoms with van der Waals surface area (Å²) in [5, 5.41) is 12.1. The average Bonchev–Trinajstić information content (AvgIpc) is 3.13. The number of anilines is 2. The summed E-state index contributed by atoms with van der Waals surface area (Å²) >= 11 is 1.08. The van der Waals surface area contributed by atoms with Crippen molar-refractivity contribution >= 4 is 35.0 Å². The summed E-state index contributed by atoms with van der Waals surface area (Å²) in [5.41, 5.74) is 2.36. The Hall–Kier alpha value is -3.96. The van der Waals surface area contributed by atoms with Crippen LogP contribution in [-0.2, 0) is 16.0 Å². The minimum absolute atomic E-state index is 0.163. The highest BCUT2D eigenvalue weighted by molar-refractivity contribution is 8.05. The fraction of sp³-hybridized carbons (Fsp3) is 0.115. The number of rotatable bonds is 5. The summed E-state index contributed by atoms with van der Waals surface area (Å²) in [5.74, 6) is -1.88. The van der Waals surface area contributed by atoms with Crippen LogP contribution in [0.5, 0.6) is 0 Å². The van der Waals surface area contributed by atoms with Crippen molar-refractivity contribution in [3.05, 3.63) is 106 Å². The zero-order chi connectivity index (χ0) is 24.2. The van der Waals surface area contributed by atoms with Gasteiger partial charge in [-0.05, 0) is 67.4 Å². The van der Waals surface area contributed by atoms with Crippen LogP contribution >= 0.6 is 11.8 Å². The summed E-state index contributed by atoms with van der Waals surface area (Å²) in [6, 6.07) is 20.0. The number of aryl methyl sites for hydroxylation is 1. The van der Waals surface area contributed by atoms with Crippen LogP contribution in [0, 0.1) is 29.9 Å². The lowest BCUT2D eigenvalue weighted by molar-refractivity contribution is -0.117. The van der Waals surface area contributed by atoms with E-state index in [4.69, 9.17) is 0 Å². The van der Waals surface area contributed by atoms with Crippen LogP contribution in [0.4, 0.5) is 20.2 Å². The van der Waals surface area contributed by atoms with Crippen molar-refractivity contribution in [3.63, 3.8) is 0 Å². The van der Waals surface area contributed by atoms with Gasteiger partial charge in [-0.15, -0.1) is 0 Å². The molecule has 1 aliphatic rings. The van der Waals surface area contributed by atoms with Crippen LogP contribution in [-0.4, -0.2) is 17.1 Å². The van der Waals surface area contributed by atoms with Gasteiger partial charge < -0.3 is 5.32 Å². The van der Waals surface area contributed by atoms with E-state index in [1.165, 1.54) is 41.3 Å². The Morgan fingerprint density at radius 1 is 1.00 bits per heavy atom. The maximum Gasteiger partial charge on any atom is 0.269 e. The van der Waals surface area contributed by atoms with Gasteiger partial charge in [-0.25, -0.2) is 8.78 Å². The molecule has 1 N–H and O–H groups in total. The molecule has 0 saturated carbocycles. The van der Waals surface area contributed by atoms with Gasteiger partial charge in [-0.1, -0.05) is 41.6 Å². The first-order valence-electron chi connectivity index (χ1n) is 10.4. The average molecular weight is 476 g/mol. The smallest absolute Gasteiger partial charge is 0.269 e. The third-order valence-corrected chi connectivity index (χ3v) is 6.50. The van der Waals surface area contributed by atoms with Crippen LogP contribution in [0.25, 0.3) is 0 Å². The molecule has 3 aromatic carbocycles. The fourth-order valence-corrected chi connectivity index (χ4v) is 4.79. The number of thioether (sulfide) groups is 1. The molecule has 170 valence electrons. The first-order chi connectivity index (χ1) is 16.4. The summed E-state index contributed by atoms with van der Waals surface area (Å²) in [6.45, 7) is 1.91. The molecule has 0 spiro atoms. The number of nitrogens with zero attached hydrogens (tertiary/aromatic N) is 2. The number of benzene rings is 3. The molecule has 1 aliphatic heterocycles. The first kappa shape index (κ1) is 23.2. The second-order valence-corrected chi connectivity index (χ2v) is 8.89. The highest BCUT2D eigenvalue weighted by atomic mass is 32.2. The molecule has 0 aromatic heterocycles. The molecule has 1 saturated heterocycles. The zero-order valence-electron chi connectivity index (χ0n) is 18.1. The Balaban J connectivity index is 1.71. The third kappa shape index (κ3) is 5.00. The molecule has 34 heavy (non-hydrogen) atoms. The molecule has 1 atom stereocenters. The van der Waals surface area contributed by atoms with Crippen molar-refractivity contribution in [3.8, 4) is 6.07 Å². The van der Waals surface area contributed by atoms with E-state index in [0.29, 0.717) is 11.4 Å². The fourth-order valence-electron chi connectivity index (χ4n) is 3.48. The summed E-state index contributed by atoms with van der Waals surface area (Å²) < 4.78 is 26.8. The molecule has 0 bridgehead atoms. The summed E-state index contributed by atoms with van der Waals surface area (Å²) in [6.07, 6.45) is 0.267. The highest BCUT2D eigenvalue weighted by Crippen LogP contribution is 2.42. The number of nitriles is 1. The van der Waals surface area contributed by atoms with E-state index in [0.717, 1.165) is 22.9 Å². The van der Waals surface area contributed by atoms with E-state index in [-0.39, 0.29) is 28.7 Å². The predicted molar refractivity (Wildman–Crippen MR) is 128 cm³/mol. The predicted octanol–water partition coefficient (Wildman–Crippen LogP) is 5.34. The van der Waals surface area contributed by atoms with Gasteiger partial charge in [0.25, 0.3) is 5.91 Å². The topological polar surface area (TPSA) is 73.2 Å². The van der Waals surface area contributed by atoms with Crippen molar-refractivity contribution in [2.45, 2.75) is 18.6 Å². The van der Waals surface area contributed by atoms with Crippen LogP contribution in [0.1, 0.15) is 11.1 Å². The summed E-state index contributed by atoms with van der Waals surface area (Å²) in [7, 11) is 0. The number of halogens is 2. The number of amides is 2. The third-order valence-electron chi connectivity index (χ3n) is 5.23. The molecule has 0 radical (unpaired) electrons. The van der Waals surface area contributed by atoms with E-state index >= 15 is 0 Å². The Labute approximate surface area is 199 Å². The van der Waals surface area contributed by atoms with Crippen LogP contribution in [0.15, 0.2) is 83.4 Å². The van der Waals surface area contributed by atoms with E-state index in [2.05, 4.69) is 5.32 Å². The van der Waals surface area contributed by atoms with Crippen LogP contribution in [0.2, 0.25) is 0 Å². The molecule has 5 nitrogen and oxygen atoms in total. The van der Waals surface area contributed by atoms with Gasteiger partial charge >= 0.3 is 0 Å². The number of carbonyl (C=O) groups is 2. The van der Waals surface area contributed by atoms with Crippen molar-refractivity contribution in [2.75, 3.05) is 10.2 Å². The second-order valence-electron chi connectivity index (χ2n) is 7.70. The SMILES string of the molecule is Cc1ccc(NC(=O)/C(C#N)=C2\S[C@@H](Cc3ccc(F)cc3)C(=O)N2c2ccc(F)cc2)cc1. The standard InChI is InChI=1S/C26H19F2N3O2S/c1-16-2-10-20(11-3-16)30-24(32)22(15-29)26-31(21-12-8-19(28)9-13-21)25(33)23(34-26)14-17-4-6-18(27)7-5-17/h2-13,23H,14H2,1H3,(H,30,32)/b26-22-/t23-/m0/s1. The van der Waals surface area contributed by atoms with Crippen molar-refractivity contribution < 1.29 is 18.4 Å². The van der Waals surface area contributed by atoms with Gasteiger partial charge in [-0.3, -0.25) is 14.5 Å². The summed E-state index contributed by atoms with van der Waals surface area (Å²) in [4.78, 5) is 27.7. The molecule has 4 rings (SSSR count). The highest BCUT2D eigenvalue weighted by Gasteiger charge is 2.40. The van der Waals surface area contributed by atoms with E-state index in [1.54, 1.807) is 24.3 Å². The molecule has 0 aliphatic carbocycles. The molecule has 2 amide bonds. The largest absolute Gasteiger partial charge is 0.321 e. The van der Waals surface area contributed by atoms with Crippen LogP contribution < -0.4 is 10.2 Å². The Morgan fingerprint density at radius 3 is 2.18 bits per heavy atom. The van der Waals surface area contributed by atoms with Gasteiger partial charge in [0.05, 0.1) is 5.25 Å². The van der Waals surface area contributed by atoms with Gasteiger partial charge in [-0.2, -0.15) is 5.26 Å². The molecule has 1 heterocycles. The van der Waals surface area contributed by atoms with E-state index in [9.17, 15) is 23.6 Å². The first-order valence-corrected chi connectivity index (χ1v) is 11.3. The number of hydrogen-bond acceptors (Lipinski definition) is 4. The maximum absolute atomic E-state index is 13.5. The Bertz CT molecular complexity index is 1300. The van der Waals surface area contributed by atoms with Gasteiger partial charge in [0.15, 0.2) is 0 Å². The lowest BCUT2D eigenvalue weighted by Crippen LogP contribution is -2.30. The van der Waals surface area contributed by atoms with Crippen LogP contribution in [0.3, 0.4) is 0 Å². The van der Waals surface area contributed by atoms with E-state index in [1.807, 2.05) is 25.1 Å². The zero-order valence-corrected chi connectivity index (χ0v) is 18.9. The molecule has 1 fully saturated rings. The van der Waals surface area contributed by atoms with Gasteiger partial charge in [0.2, 0.25) is 5.91 Å².